The summed E-state index contributed by atoms with van der Waals surface area (Å²) in [6, 6.07) is 14.5. The molecular weight excluding hydrogens is 417 g/mol. The fraction of sp³-hybridized carbons (Fsp3) is 0.182. The van der Waals surface area contributed by atoms with E-state index in [0.29, 0.717) is 40.0 Å². The van der Waals surface area contributed by atoms with Gasteiger partial charge in [0.05, 0.1) is 20.8 Å². The Morgan fingerprint density at radius 1 is 1.03 bits per heavy atom. The molecule has 0 aliphatic rings. The molecule has 0 spiro atoms. The van der Waals surface area contributed by atoms with Gasteiger partial charge in [0, 0.05) is 11.6 Å². The Bertz CT molecular complexity index is 1240. The summed E-state index contributed by atoms with van der Waals surface area (Å²) in [7, 11) is 2.97. The molecule has 0 aliphatic heterocycles. The Morgan fingerprint density at radius 2 is 1.78 bits per heavy atom. The minimum Gasteiger partial charge on any atom is -0.496 e. The van der Waals surface area contributed by atoms with Crippen molar-refractivity contribution in [2.75, 3.05) is 27.4 Å². The maximum atomic E-state index is 13.6. The molecule has 0 saturated carbocycles. The summed E-state index contributed by atoms with van der Waals surface area (Å²) in [5, 5.41) is 15.3. The van der Waals surface area contributed by atoms with Crippen molar-refractivity contribution in [2.24, 2.45) is 0 Å². The molecule has 0 unspecified atom stereocenters. The van der Waals surface area contributed by atoms with E-state index < -0.39 is 0 Å². The normalized spacial score (nSPS) is 10.7. The van der Waals surface area contributed by atoms with Gasteiger partial charge in [-0.3, -0.25) is 4.79 Å². The molecule has 2 aromatic carbocycles. The number of amides is 1. The van der Waals surface area contributed by atoms with E-state index in [2.05, 4.69) is 20.6 Å². The van der Waals surface area contributed by atoms with Crippen LogP contribution in [0, 0.1) is 5.82 Å². The van der Waals surface area contributed by atoms with Crippen LogP contribution < -0.4 is 19.5 Å². The standard InChI is InChI=1S/C22H20FN5O4/c1-30-16-7-4-8-17(31-2)20(16)22(29)24-11-12-32-19-10-9-18-25-26-21(28(18)27-19)14-5-3-6-15(23)13-14/h3-10,13H,11-12H2,1-2H3,(H,24,29). The fourth-order valence-corrected chi connectivity index (χ4v) is 3.14. The Hall–Kier alpha value is -4.21. The molecule has 9 nitrogen and oxygen atoms in total. The van der Waals surface area contributed by atoms with Gasteiger partial charge >= 0.3 is 0 Å². The molecule has 0 bridgehead atoms. The van der Waals surface area contributed by atoms with Crippen molar-refractivity contribution in [1.82, 2.24) is 25.1 Å². The number of halogens is 1. The zero-order chi connectivity index (χ0) is 22.5. The number of methoxy groups -OCH3 is 2. The lowest BCUT2D eigenvalue weighted by Crippen LogP contribution is -2.29. The number of benzene rings is 2. The van der Waals surface area contributed by atoms with E-state index in [1.165, 1.54) is 30.9 Å². The van der Waals surface area contributed by atoms with Gasteiger partial charge in [-0.1, -0.05) is 18.2 Å². The summed E-state index contributed by atoms with van der Waals surface area (Å²) in [6.45, 7) is 0.387. The van der Waals surface area contributed by atoms with E-state index in [1.54, 1.807) is 42.5 Å². The SMILES string of the molecule is COc1cccc(OC)c1C(=O)NCCOc1ccc2nnc(-c3cccc(F)c3)n2n1. The molecular formula is C22H20FN5O4. The predicted molar refractivity (Wildman–Crippen MR) is 114 cm³/mol. The highest BCUT2D eigenvalue weighted by Gasteiger charge is 2.18. The maximum absolute atomic E-state index is 13.6. The molecule has 164 valence electrons. The van der Waals surface area contributed by atoms with Crippen LogP contribution in [0.5, 0.6) is 17.4 Å². The highest BCUT2D eigenvalue weighted by Crippen LogP contribution is 2.27. The summed E-state index contributed by atoms with van der Waals surface area (Å²) in [5.74, 6) is 0.785. The Balaban J connectivity index is 1.42. The van der Waals surface area contributed by atoms with Gasteiger partial charge in [-0.25, -0.2) is 4.39 Å². The lowest BCUT2D eigenvalue weighted by molar-refractivity contribution is 0.0940. The lowest BCUT2D eigenvalue weighted by Gasteiger charge is -2.13. The molecule has 0 radical (unpaired) electrons. The first-order valence-corrected chi connectivity index (χ1v) is 9.71. The first kappa shape index (κ1) is 21.0. The second-order valence-electron chi connectivity index (χ2n) is 6.62. The number of fused-ring (bicyclic) bond motifs is 1. The summed E-state index contributed by atoms with van der Waals surface area (Å²) in [6.07, 6.45) is 0. The van der Waals surface area contributed by atoms with Crippen LogP contribution >= 0.6 is 0 Å². The lowest BCUT2D eigenvalue weighted by atomic mass is 10.1. The van der Waals surface area contributed by atoms with Gasteiger partial charge in [-0.2, -0.15) is 4.52 Å². The number of ether oxygens (including phenoxy) is 3. The van der Waals surface area contributed by atoms with Crippen molar-refractivity contribution in [3.63, 3.8) is 0 Å². The van der Waals surface area contributed by atoms with Crippen LogP contribution in [0.1, 0.15) is 10.4 Å². The molecule has 4 aromatic rings. The highest BCUT2D eigenvalue weighted by atomic mass is 19.1. The molecule has 32 heavy (non-hydrogen) atoms. The molecule has 0 atom stereocenters. The van der Waals surface area contributed by atoms with Crippen molar-refractivity contribution < 1.29 is 23.4 Å². The number of aromatic nitrogens is 4. The molecule has 1 N–H and O–H groups in total. The minimum atomic E-state index is -0.380. The number of hydrogen-bond donors (Lipinski definition) is 1. The van der Waals surface area contributed by atoms with Crippen LogP contribution in [-0.4, -0.2) is 53.1 Å². The number of rotatable bonds is 8. The van der Waals surface area contributed by atoms with Gasteiger partial charge in [-0.15, -0.1) is 15.3 Å². The van der Waals surface area contributed by atoms with Gasteiger partial charge in [0.2, 0.25) is 5.88 Å². The Kier molecular flexibility index (Phi) is 6.11. The molecule has 1 amide bonds. The first-order chi connectivity index (χ1) is 15.6. The average molecular weight is 437 g/mol. The van der Waals surface area contributed by atoms with Crippen LogP contribution in [0.3, 0.4) is 0 Å². The smallest absolute Gasteiger partial charge is 0.258 e. The van der Waals surface area contributed by atoms with Crippen molar-refractivity contribution in [1.29, 1.82) is 0 Å². The maximum Gasteiger partial charge on any atom is 0.258 e. The number of carbonyl (C=O) groups is 1. The van der Waals surface area contributed by atoms with Crippen LogP contribution in [0.25, 0.3) is 17.0 Å². The third-order valence-electron chi connectivity index (χ3n) is 4.61. The van der Waals surface area contributed by atoms with E-state index >= 15 is 0 Å². The summed E-state index contributed by atoms with van der Waals surface area (Å²) in [4.78, 5) is 12.6. The third kappa shape index (κ3) is 4.29. The van der Waals surface area contributed by atoms with Crippen LogP contribution in [0.15, 0.2) is 54.6 Å². The van der Waals surface area contributed by atoms with Crippen molar-refractivity contribution >= 4 is 11.6 Å². The average Bonchev–Trinajstić information content (AvgIpc) is 3.24. The summed E-state index contributed by atoms with van der Waals surface area (Å²) < 4.78 is 31.2. The van der Waals surface area contributed by atoms with Crippen molar-refractivity contribution in [3.05, 3.63) is 66.0 Å². The third-order valence-corrected chi connectivity index (χ3v) is 4.61. The largest absolute Gasteiger partial charge is 0.496 e. The molecule has 0 aliphatic carbocycles. The van der Waals surface area contributed by atoms with Crippen LogP contribution in [0.4, 0.5) is 4.39 Å². The van der Waals surface area contributed by atoms with Crippen molar-refractivity contribution in [2.45, 2.75) is 0 Å². The zero-order valence-corrected chi connectivity index (χ0v) is 17.4. The second kappa shape index (κ2) is 9.29. The molecule has 2 heterocycles. The van der Waals surface area contributed by atoms with E-state index in [1.807, 2.05) is 0 Å². The quantitative estimate of drug-likeness (QED) is 0.423. The zero-order valence-electron chi connectivity index (χ0n) is 17.4. The molecule has 2 aromatic heterocycles. The first-order valence-electron chi connectivity index (χ1n) is 9.71. The topological polar surface area (TPSA) is 99.9 Å². The van der Waals surface area contributed by atoms with Crippen molar-refractivity contribution in [3.8, 4) is 28.8 Å². The molecule has 0 saturated heterocycles. The fourth-order valence-electron chi connectivity index (χ4n) is 3.14. The van der Waals surface area contributed by atoms with E-state index in [0.717, 1.165) is 0 Å². The molecule has 0 fully saturated rings. The molecule has 10 heteroatoms. The van der Waals surface area contributed by atoms with Gasteiger partial charge < -0.3 is 19.5 Å². The Labute approximate surface area is 182 Å². The summed E-state index contributed by atoms with van der Waals surface area (Å²) >= 11 is 0. The van der Waals surface area contributed by atoms with E-state index in [9.17, 15) is 9.18 Å². The minimum absolute atomic E-state index is 0.166. The number of hydrogen-bond acceptors (Lipinski definition) is 7. The van der Waals surface area contributed by atoms with Crippen LogP contribution in [-0.2, 0) is 0 Å². The van der Waals surface area contributed by atoms with Gasteiger partial charge in [0.25, 0.3) is 5.91 Å². The Morgan fingerprint density at radius 3 is 2.50 bits per heavy atom. The summed E-state index contributed by atoms with van der Waals surface area (Å²) in [5.41, 5.74) is 1.34. The monoisotopic (exact) mass is 437 g/mol. The highest BCUT2D eigenvalue weighted by molar-refractivity contribution is 5.99. The van der Waals surface area contributed by atoms with Gasteiger partial charge in [-0.05, 0) is 30.3 Å². The second-order valence-corrected chi connectivity index (χ2v) is 6.62. The molecule has 4 rings (SSSR count). The van der Waals surface area contributed by atoms with Crippen LogP contribution in [0.2, 0.25) is 0 Å². The number of carbonyl (C=O) groups excluding carboxylic acids is 1. The van der Waals surface area contributed by atoms with Gasteiger partial charge in [0.1, 0.15) is 29.5 Å². The predicted octanol–water partition coefficient (Wildman–Crippen LogP) is 2.76. The van der Waals surface area contributed by atoms with E-state index in [4.69, 9.17) is 14.2 Å². The van der Waals surface area contributed by atoms with E-state index in [-0.39, 0.29) is 24.9 Å². The number of nitrogens with zero attached hydrogens (tertiary/aromatic N) is 4. The van der Waals surface area contributed by atoms with Gasteiger partial charge in [0.15, 0.2) is 11.5 Å². The number of nitrogens with one attached hydrogen (secondary N) is 1.